The second kappa shape index (κ2) is 7.48. The van der Waals surface area contributed by atoms with E-state index < -0.39 is 20.8 Å². The third kappa shape index (κ3) is 3.90. The van der Waals surface area contributed by atoms with Gasteiger partial charge in [0.15, 0.2) is 0 Å². The summed E-state index contributed by atoms with van der Waals surface area (Å²) in [5.74, 6) is -0.488. The molecule has 26 heavy (non-hydrogen) atoms. The van der Waals surface area contributed by atoms with Crippen molar-refractivity contribution in [2.75, 3.05) is 26.2 Å². The number of nitrogens with zero attached hydrogens (tertiary/aromatic N) is 3. The fourth-order valence-corrected chi connectivity index (χ4v) is 4.37. The third-order valence-corrected chi connectivity index (χ3v) is 6.28. The van der Waals surface area contributed by atoms with E-state index in [-0.39, 0.29) is 23.7 Å². The summed E-state index contributed by atoms with van der Waals surface area (Å²) in [5, 5.41) is 11.1. The molecule has 0 spiro atoms. The Morgan fingerprint density at radius 3 is 2.23 bits per heavy atom. The van der Waals surface area contributed by atoms with Crippen molar-refractivity contribution in [3.05, 3.63) is 70.0 Å². The first-order valence-electron chi connectivity index (χ1n) is 8.08. The van der Waals surface area contributed by atoms with Crippen molar-refractivity contribution >= 4 is 15.7 Å². The standard InChI is InChI=1S/C17H18FN3O4S/c18-15-5-7-16(8-6-15)26(24,25)20-11-9-19(10-12-20)13-14-3-1-2-4-17(14)21(22)23/h1-8H,9-13H2. The van der Waals surface area contributed by atoms with Gasteiger partial charge in [0.05, 0.1) is 9.82 Å². The Balaban J connectivity index is 1.66. The lowest BCUT2D eigenvalue weighted by atomic mass is 10.1. The number of halogens is 1. The zero-order valence-electron chi connectivity index (χ0n) is 13.9. The topological polar surface area (TPSA) is 83.8 Å². The van der Waals surface area contributed by atoms with Crippen LogP contribution in [0.3, 0.4) is 0 Å². The monoisotopic (exact) mass is 379 g/mol. The Kier molecular flexibility index (Phi) is 5.30. The lowest BCUT2D eigenvalue weighted by Gasteiger charge is -2.33. The maximum Gasteiger partial charge on any atom is 0.273 e. The largest absolute Gasteiger partial charge is 0.296 e. The van der Waals surface area contributed by atoms with Crippen molar-refractivity contribution in [3.8, 4) is 0 Å². The van der Waals surface area contributed by atoms with Gasteiger partial charge in [-0.15, -0.1) is 0 Å². The molecule has 7 nitrogen and oxygen atoms in total. The molecule has 0 atom stereocenters. The summed E-state index contributed by atoms with van der Waals surface area (Å²) in [6.07, 6.45) is 0. The number of nitro groups is 1. The maximum absolute atomic E-state index is 13.0. The molecular formula is C17H18FN3O4S. The molecule has 0 aliphatic carbocycles. The van der Waals surface area contributed by atoms with Crippen LogP contribution in [0.1, 0.15) is 5.56 Å². The van der Waals surface area contributed by atoms with Crippen molar-refractivity contribution in [2.45, 2.75) is 11.4 Å². The molecule has 3 rings (SSSR count). The van der Waals surface area contributed by atoms with E-state index in [2.05, 4.69) is 0 Å². The van der Waals surface area contributed by atoms with Crippen molar-refractivity contribution in [1.29, 1.82) is 0 Å². The summed E-state index contributed by atoms with van der Waals surface area (Å²) in [5.41, 5.74) is 0.668. The molecule has 0 saturated carbocycles. The third-order valence-electron chi connectivity index (χ3n) is 4.36. The molecule has 1 saturated heterocycles. The Bertz CT molecular complexity index is 894. The SMILES string of the molecule is O=[N+]([O-])c1ccccc1CN1CCN(S(=O)(=O)c2ccc(F)cc2)CC1. The molecule has 1 heterocycles. The van der Waals surface area contributed by atoms with Gasteiger partial charge in [-0.3, -0.25) is 15.0 Å². The Labute approximate surface area is 150 Å². The van der Waals surface area contributed by atoms with E-state index in [1.807, 2.05) is 4.90 Å². The predicted octanol–water partition coefficient (Wildman–Crippen LogP) is 2.24. The second-order valence-corrected chi connectivity index (χ2v) is 7.96. The van der Waals surface area contributed by atoms with Crippen LogP contribution in [-0.2, 0) is 16.6 Å². The smallest absolute Gasteiger partial charge is 0.273 e. The molecule has 9 heteroatoms. The van der Waals surface area contributed by atoms with E-state index in [0.29, 0.717) is 25.2 Å². The van der Waals surface area contributed by atoms with Gasteiger partial charge in [0, 0.05) is 44.4 Å². The molecule has 2 aromatic carbocycles. The maximum atomic E-state index is 13.0. The van der Waals surface area contributed by atoms with Gasteiger partial charge >= 0.3 is 0 Å². The highest BCUT2D eigenvalue weighted by molar-refractivity contribution is 7.89. The number of hydrogen-bond acceptors (Lipinski definition) is 5. The molecule has 0 unspecified atom stereocenters. The summed E-state index contributed by atoms with van der Waals surface area (Å²) < 4.78 is 39.6. The van der Waals surface area contributed by atoms with E-state index in [1.165, 1.54) is 22.5 Å². The molecule has 0 aromatic heterocycles. The lowest BCUT2D eigenvalue weighted by molar-refractivity contribution is -0.385. The van der Waals surface area contributed by atoms with Gasteiger partial charge in [0.25, 0.3) is 5.69 Å². The quantitative estimate of drug-likeness (QED) is 0.588. The number of hydrogen-bond donors (Lipinski definition) is 0. The minimum atomic E-state index is -3.66. The normalized spacial score (nSPS) is 16.5. The van der Waals surface area contributed by atoms with E-state index >= 15 is 0 Å². The van der Waals surface area contributed by atoms with Crippen LogP contribution in [0.25, 0.3) is 0 Å². The van der Waals surface area contributed by atoms with Gasteiger partial charge in [-0.25, -0.2) is 12.8 Å². The zero-order chi connectivity index (χ0) is 18.7. The van der Waals surface area contributed by atoms with Crippen LogP contribution in [0, 0.1) is 15.9 Å². The van der Waals surface area contributed by atoms with E-state index in [4.69, 9.17) is 0 Å². The van der Waals surface area contributed by atoms with E-state index in [9.17, 15) is 22.9 Å². The molecule has 1 aliphatic rings. The van der Waals surface area contributed by atoms with Crippen molar-refractivity contribution in [2.24, 2.45) is 0 Å². The highest BCUT2D eigenvalue weighted by atomic mass is 32.2. The van der Waals surface area contributed by atoms with E-state index in [0.717, 1.165) is 12.1 Å². The minimum Gasteiger partial charge on any atom is -0.296 e. The minimum absolute atomic E-state index is 0.0612. The summed E-state index contributed by atoms with van der Waals surface area (Å²) in [4.78, 5) is 12.7. The van der Waals surface area contributed by atoms with Crippen molar-refractivity contribution in [3.63, 3.8) is 0 Å². The molecule has 0 N–H and O–H groups in total. The first-order chi connectivity index (χ1) is 12.4. The van der Waals surface area contributed by atoms with Crippen LogP contribution in [0.2, 0.25) is 0 Å². The fourth-order valence-electron chi connectivity index (χ4n) is 2.95. The van der Waals surface area contributed by atoms with Crippen LogP contribution in [0.15, 0.2) is 53.4 Å². The number of nitro benzene ring substituents is 1. The van der Waals surface area contributed by atoms with Gasteiger partial charge in [-0.05, 0) is 24.3 Å². The molecule has 0 bridgehead atoms. The van der Waals surface area contributed by atoms with Crippen molar-refractivity contribution in [1.82, 2.24) is 9.21 Å². The number of para-hydroxylation sites is 1. The van der Waals surface area contributed by atoms with Crippen molar-refractivity contribution < 1.29 is 17.7 Å². The number of benzene rings is 2. The van der Waals surface area contributed by atoms with Crippen LogP contribution < -0.4 is 0 Å². The summed E-state index contributed by atoms with van der Waals surface area (Å²) in [6, 6.07) is 11.3. The van der Waals surface area contributed by atoms with Gasteiger partial charge in [0.2, 0.25) is 10.0 Å². The second-order valence-electron chi connectivity index (χ2n) is 6.02. The summed E-state index contributed by atoms with van der Waals surface area (Å²) in [7, 11) is -3.66. The zero-order valence-corrected chi connectivity index (χ0v) is 14.7. The summed E-state index contributed by atoms with van der Waals surface area (Å²) in [6.45, 7) is 1.88. The average Bonchev–Trinajstić information content (AvgIpc) is 2.63. The van der Waals surface area contributed by atoms with Crippen LogP contribution in [0.4, 0.5) is 10.1 Å². The number of piperazine rings is 1. The highest BCUT2D eigenvalue weighted by Crippen LogP contribution is 2.22. The molecular weight excluding hydrogens is 361 g/mol. The summed E-state index contributed by atoms with van der Waals surface area (Å²) >= 11 is 0. The Morgan fingerprint density at radius 1 is 1.00 bits per heavy atom. The molecule has 1 aliphatic heterocycles. The van der Waals surface area contributed by atoms with Gasteiger partial charge < -0.3 is 0 Å². The fraction of sp³-hybridized carbons (Fsp3) is 0.294. The Hall–Kier alpha value is -2.36. The van der Waals surface area contributed by atoms with Crippen LogP contribution in [0.5, 0.6) is 0 Å². The molecule has 2 aromatic rings. The first kappa shape index (κ1) is 18.4. The van der Waals surface area contributed by atoms with Crippen LogP contribution in [-0.4, -0.2) is 48.7 Å². The molecule has 0 amide bonds. The molecule has 1 fully saturated rings. The molecule has 138 valence electrons. The first-order valence-corrected chi connectivity index (χ1v) is 9.52. The number of sulfonamides is 1. The highest BCUT2D eigenvalue weighted by Gasteiger charge is 2.29. The van der Waals surface area contributed by atoms with Crippen LogP contribution >= 0.6 is 0 Å². The average molecular weight is 379 g/mol. The predicted molar refractivity (Wildman–Crippen MR) is 93.5 cm³/mol. The lowest BCUT2D eigenvalue weighted by Crippen LogP contribution is -2.48. The number of rotatable bonds is 5. The van der Waals surface area contributed by atoms with Gasteiger partial charge in [-0.2, -0.15) is 4.31 Å². The van der Waals surface area contributed by atoms with E-state index in [1.54, 1.807) is 18.2 Å². The van der Waals surface area contributed by atoms with Gasteiger partial charge in [-0.1, -0.05) is 18.2 Å². The van der Waals surface area contributed by atoms with Gasteiger partial charge in [0.1, 0.15) is 5.82 Å². The molecule has 0 radical (unpaired) electrons. The Morgan fingerprint density at radius 2 is 1.62 bits per heavy atom.